The lowest BCUT2D eigenvalue weighted by Gasteiger charge is -2.32. The van der Waals surface area contributed by atoms with Gasteiger partial charge in [-0.05, 0) is 48.4 Å². The average molecular weight is 425 g/mol. The molecule has 0 saturated heterocycles. The van der Waals surface area contributed by atoms with Crippen LogP contribution in [0, 0.1) is 5.41 Å². The Morgan fingerprint density at radius 3 is 1.68 bits per heavy atom. The number of rotatable bonds is 17. The van der Waals surface area contributed by atoms with Crippen molar-refractivity contribution >= 4 is 11.4 Å². The second-order valence-electron chi connectivity index (χ2n) is 9.88. The topological polar surface area (TPSA) is 52.0 Å². The lowest BCUT2D eigenvalue weighted by molar-refractivity contribution is 0.331. The predicted molar refractivity (Wildman–Crippen MR) is 139 cm³/mol. The number of nitrogen functional groups attached to an aromatic ring is 2. The van der Waals surface area contributed by atoms with Crippen LogP contribution in [0.25, 0.3) is 0 Å². The molecule has 0 amide bonds. The van der Waals surface area contributed by atoms with Crippen LogP contribution in [0.15, 0.2) is 42.5 Å². The summed E-state index contributed by atoms with van der Waals surface area (Å²) in [7, 11) is 0. The molecular weight excluding hydrogens is 376 g/mol. The Hall–Kier alpha value is -1.70. The summed E-state index contributed by atoms with van der Waals surface area (Å²) < 4.78 is 0. The molecular formula is C29H48N2. The molecule has 0 spiro atoms. The molecule has 1 unspecified atom stereocenters. The molecule has 31 heavy (non-hydrogen) atoms. The van der Waals surface area contributed by atoms with Crippen molar-refractivity contribution in [3.05, 3.63) is 48.1 Å². The zero-order valence-electron chi connectivity index (χ0n) is 20.2. The highest BCUT2D eigenvalue weighted by Crippen LogP contribution is 2.38. The van der Waals surface area contributed by atoms with Crippen LogP contribution in [0.4, 0.5) is 11.4 Å². The van der Waals surface area contributed by atoms with Gasteiger partial charge in [-0.15, -0.1) is 0 Å². The van der Waals surface area contributed by atoms with Crippen LogP contribution in [0.3, 0.4) is 0 Å². The summed E-state index contributed by atoms with van der Waals surface area (Å²) in [5.74, 6) is 0. The molecule has 0 radical (unpaired) electrons. The highest BCUT2D eigenvalue weighted by Gasteiger charge is 2.27. The van der Waals surface area contributed by atoms with Crippen molar-refractivity contribution in [3.8, 4) is 0 Å². The third-order valence-electron chi connectivity index (χ3n) is 6.84. The summed E-state index contributed by atoms with van der Waals surface area (Å²) in [4.78, 5) is 0. The molecule has 1 aliphatic carbocycles. The van der Waals surface area contributed by atoms with Crippen LogP contribution in [0.5, 0.6) is 0 Å². The molecule has 174 valence electrons. The zero-order chi connectivity index (χ0) is 22.2. The van der Waals surface area contributed by atoms with Crippen LogP contribution in [0.2, 0.25) is 0 Å². The third kappa shape index (κ3) is 10.9. The quantitative estimate of drug-likeness (QED) is 0.194. The number of hydrogen-bond acceptors (Lipinski definition) is 2. The third-order valence-corrected chi connectivity index (χ3v) is 6.84. The molecule has 1 atom stereocenters. The van der Waals surface area contributed by atoms with Crippen LogP contribution in [0.1, 0.15) is 115 Å². The maximum Gasteiger partial charge on any atom is 0.0337 e. The van der Waals surface area contributed by atoms with Crippen molar-refractivity contribution in [2.24, 2.45) is 5.41 Å². The van der Waals surface area contributed by atoms with E-state index in [-0.39, 0.29) is 5.41 Å². The summed E-state index contributed by atoms with van der Waals surface area (Å²) in [5, 5.41) is 0. The molecule has 0 aromatic heterocycles. The van der Waals surface area contributed by atoms with Crippen LogP contribution >= 0.6 is 0 Å². The fraction of sp³-hybridized carbons (Fsp3) is 0.655. The van der Waals surface area contributed by atoms with E-state index in [0.717, 1.165) is 24.2 Å². The summed E-state index contributed by atoms with van der Waals surface area (Å²) in [6.45, 7) is 2.29. The van der Waals surface area contributed by atoms with Gasteiger partial charge in [0.25, 0.3) is 0 Å². The Bertz CT molecular complexity index is 640. The van der Waals surface area contributed by atoms with Gasteiger partial charge in [-0.3, -0.25) is 0 Å². The number of anilines is 2. The van der Waals surface area contributed by atoms with Gasteiger partial charge < -0.3 is 11.5 Å². The SMILES string of the molecule is CCCCCCCCCCCCCCCCC1(Cc2cc(N)cc(N)c2)C=CC=CC1. The molecule has 0 heterocycles. The summed E-state index contributed by atoms with van der Waals surface area (Å²) in [6, 6.07) is 6.03. The van der Waals surface area contributed by atoms with E-state index in [4.69, 9.17) is 11.5 Å². The standard InChI is InChI=1S/C29H48N2/c1-2-3-4-5-6-7-8-9-10-11-12-13-14-16-19-29(20-17-15-18-21-29)25-26-22-27(30)24-28(31)23-26/h15,17-18,20,22-24H,2-14,16,19,21,25,30-31H2,1H3. The minimum atomic E-state index is 0.228. The van der Waals surface area contributed by atoms with Crippen molar-refractivity contribution in [1.82, 2.24) is 0 Å². The van der Waals surface area contributed by atoms with Gasteiger partial charge in [0, 0.05) is 11.4 Å². The molecule has 2 rings (SSSR count). The van der Waals surface area contributed by atoms with E-state index in [1.165, 1.54) is 102 Å². The zero-order valence-corrected chi connectivity index (χ0v) is 20.2. The minimum Gasteiger partial charge on any atom is -0.399 e. The van der Waals surface area contributed by atoms with Gasteiger partial charge in [0.1, 0.15) is 0 Å². The van der Waals surface area contributed by atoms with Crippen molar-refractivity contribution < 1.29 is 0 Å². The van der Waals surface area contributed by atoms with Crippen molar-refractivity contribution in [2.75, 3.05) is 11.5 Å². The molecule has 0 bridgehead atoms. The molecule has 2 heteroatoms. The Labute approximate surface area is 192 Å². The maximum absolute atomic E-state index is 6.03. The molecule has 0 saturated carbocycles. The first-order valence-corrected chi connectivity index (χ1v) is 13.1. The van der Waals surface area contributed by atoms with E-state index in [9.17, 15) is 0 Å². The monoisotopic (exact) mass is 424 g/mol. The first-order valence-electron chi connectivity index (χ1n) is 13.1. The molecule has 4 N–H and O–H groups in total. The second-order valence-corrected chi connectivity index (χ2v) is 9.88. The van der Waals surface area contributed by atoms with E-state index in [0.29, 0.717) is 0 Å². The fourth-order valence-electron chi connectivity index (χ4n) is 5.04. The van der Waals surface area contributed by atoms with Gasteiger partial charge in [-0.2, -0.15) is 0 Å². The average Bonchev–Trinajstić information content (AvgIpc) is 2.74. The lowest BCUT2D eigenvalue weighted by atomic mass is 9.73. The van der Waals surface area contributed by atoms with E-state index in [1.54, 1.807) is 0 Å². The van der Waals surface area contributed by atoms with Gasteiger partial charge in [0.15, 0.2) is 0 Å². The highest BCUT2D eigenvalue weighted by atomic mass is 14.6. The van der Waals surface area contributed by atoms with Crippen LogP contribution < -0.4 is 11.5 Å². The van der Waals surface area contributed by atoms with Gasteiger partial charge in [-0.1, -0.05) is 121 Å². The largest absolute Gasteiger partial charge is 0.399 e. The molecule has 1 aliphatic rings. The van der Waals surface area contributed by atoms with E-state index < -0.39 is 0 Å². The van der Waals surface area contributed by atoms with E-state index in [2.05, 4.69) is 43.4 Å². The maximum atomic E-state index is 6.03. The summed E-state index contributed by atoms with van der Waals surface area (Å²) in [6.07, 6.45) is 32.3. The van der Waals surface area contributed by atoms with Gasteiger partial charge in [-0.25, -0.2) is 0 Å². The molecule has 1 aromatic rings. The number of benzene rings is 1. The van der Waals surface area contributed by atoms with Gasteiger partial charge >= 0.3 is 0 Å². The Morgan fingerprint density at radius 2 is 1.19 bits per heavy atom. The first kappa shape index (κ1) is 25.6. The first-order chi connectivity index (χ1) is 15.1. The second kappa shape index (κ2) is 15.2. The minimum absolute atomic E-state index is 0.228. The molecule has 2 nitrogen and oxygen atoms in total. The predicted octanol–water partition coefficient (Wildman–Crippen LogP) is 8.77. The normalized spacial score (nSPS) is 18.0. The smallest absolute Gasteiger partial charge is 0.0337 e. The van der Waals surface area contributed by atoms with E-state index >= 15 is 0 Å². The van der Waals surface area contributed by atoms with E-state index in [1.807, 2.05) is 6.07 Å². The highest BCUT2D eigenvalue weighted by molar-refractivity contribution is 5.54. The Kier molecular flexibility index (Phi) is 12.5. The number of nitrogens with two attached hydrogens (primary N) is 2. The molecule has 0 fully saturated rings. The van der Waals surface area contributed by atoms with Crippen molar-refractivity contribution in [2.45, 2.75) is 116 Å². The van der Waals surface area contributed by atoms with Crippen molar-refractivity contribution in [3.63, 3.8) is 0 Å². The number of allylic oxidation sites excluding steroid dienone is 4. The summed E-state index contributed by atoms with van der Waals surface area (Å²) >= 11 is 0. The Balaban J connectivity index is 1.57. The number of hydrogen-bond donors (Lipinski definition) is 2. The van der Waals surface area contributed by atoms with Crippen molar-refractivity contribution in [1.29, 1.82) is 0 Å². The summed E-state index contributed by atoms with van der Waals surface area (Å²) in [5.41, 5.74) is 15.1. The lowest BCUT2D eigenvalue weighted by Crippen LogP contribution is -2.22. The Morgan fingerprint density at radius 1 is 0.677 bits per heavy atom. The van der Waals surface area contributed by atoms with Crippen LogP contribution in [-0.2, 0) is 6.42 Å². The van der Waals surface area contributed by atoms with Gasteiger partial charge in [0.2, 0.25) is 0 Å². The van der Waals surface area contributed by atoms with Gasteiger partial charge in [0.05, 0.1) is 0 Å². The fourth-order valence-corrected chi connectivity index (χ4v) is 5.04. The van der Waals surface area contributed by atoms with Crippen LogP contribution in [-0.4, -0.2) is 0 Å². The number of unbranched alkanes of at least 4 members (excludes halogenated alkanes) is 13. The molecule has 0 aliphatic heterocycles. The molecule has 1 aromatic carbocycles.